The van der Waals surface area contributed by atoms with Crippen LogP contribution in [0.4, 0.5) is 5.69 Å². The fourth-order valence-corrected chi connectivity index (χ4v) is 3.24. The van der Waals surface area contributed by atoms with E-state index in [0.717, 1.165) is 5.56 Å². The molecule has 1 N–H and O–H groups in total. The highest BCUT2D eigenvalue weighted by molar-refractivity contribution is 6.32. The van der Waals surface area contributed by atoms with Gasteiger partial charge < -0.3 is 14.8 Å². The number of benzene rings is 3. The molecular weight excluding hydrogens is 388 g/mol. The van der Waals surface area contributed by atoms with E-state index >= 15 is 0 Å². The van der Waals surface area contributed by atoms with Gasteiger partial charge in [0.25, 0.3) is 5.91 Å². The number of anilines is 1. The molecule has 0 bridgehead atoms. The van der Waals surface area contributed by atoms with Crippen molar-refractivity contribution in [1.29, 1.82) is 5.26 Å². The Morgan fingerprint density at radius 2 is 1.66 bits per heavy atom. The molecule has 29 heavy (non-hydrogen) atoms. The smallest absolute Gasteiger partial charge is 0.255 e. The summed E-state index contributed by atoms with van der Waals surface area (Å²) in [5, 5.41) is 12.8. The summed E-state index contributed by atoms with van der Waals surface area (Å²) in [5.74, 6) is 0.215. The Kier molecular flexibility index (Phi) is 6.38. The van der Waals surface area contributed by atoms with Crippen molar-refractivity contribution in [1.82, 2.24) is 0 Å². The predicted molar refractivity (Wildman–Crippen MR) is 113 cm³/mol. The summed E-state index contributed by atoms with van der Waals surface area (Å²) in [7, 11) is 3.04. The molecule has 0 aliphatic carbocycles. The zero-order valence-corrected chi connectivity index (χ0v) is 16.7. The number of amides is 1. The molecule has 0 aromatic heterocycles. The summed E-state index contributed by atoms with van der Waals surface area (Å²) in [6, 6.07) is 21.8. The van der Waals surface area contributed by atoms with Gasteiger partial charge in [0.1, 0.15) is 11.5 Å². The first-order valence-electron chi connectivity index (χ1n) is 8.84. The number of carbonyl (C=O) groups excluding carboxylic acids is 1. The second-order valence-electron chi connectivity index (χ2n) is 6.26. The van der Waals surface area contributed by atoms with Crippen molar-refractivity contribution in [2.24, 2.45) is 0 Å². The molecule has 6 heteroatoms. The van der Waals surface area contributed by atoms with Gasteiger partial charge in [-0.15, -0.1) is 0 Å². The zero-order valence-electron chi connectivity index (χ0n) is 16.0. The van der Waals surface area contributed by atoms with Gasteiger partial charge in [-0.25, -0.2) is 0 Å². The van der Waals surface area contributed by atoms with Crippen LogP contribution < -0.4 is 14.8 Å². The van der Waals surface area contributed by atoms with E-state index in [-0.39, 0.29) is 5.91 Å². The SMILES string of the molecule is COc1cc(OC)cc(C(=O)Nc2ccc(C(C#N)c3ccccc3)c(Cl)c2)c1. The summed E-state index contributed by atoms with van der Waals surface area (Å²) in [6.45, 7) is 0. The van der Waals surface area contributed by atoms with Crippen LogP contribution in [0.15, 0.2) is 66.7 Å². The molecule has 3 rings (SSSR count). The van der Waals surface area contributed by atoms with Gasteiger partial charge in [-0.3, -0.25) is 4.79 Å². The average Bonchev–Trinajstić information content (AvgIpc) is 2.76. The van der Waals surface area contributed by atoms with Crippen LogP contribution >= 0.6 is 11.6 Å². The number of carbonyl (C=O) groups is 1. The monoisotopic (exact) mass is 406 g/mol. The number of ether oxygens (including phenoxy) is 2. The van der Waals surface area contributed by atoms with E-state index in [4.69, 9.17) is 21.1 Å². The average molecular weight is 407 g/mol. The van der Waals surface area contributed by atoms with Crippen molar-refractivity contribution >= 4 is 23.2 Å². The van der Waals surface area contributed by atoms with Gasteiger partial charge >= 0.3 is 0 Å². The first-order valence-corrected chi connectivity index (χ1v) is 9.22. The number of hydrogen-bond donors (Lipinski definition) is 1. The first-order chi connectivity index (χ1) is 14.0. The molecule has 1 amide bonds. The molecule has 0 spiro atoms. The van der Waals surface area contributed by atoms with Crippen molar-refractivity contribution in [3.05, 3.63) is 88.4 Å². The molecule has 0 heterocycles. The number of nitrogens with zero attached hydrogens (tertiary/aromatic N) is 1. The van der Waals surface area contributed by atoms with Crippen molar-refractivity contribution < 1.29 is 14.3 Å². The Bertz CT molecular complexity index is 1040. The van der Waals surface area contributed by atoms with Crippen LogP contribution in [-0.2, 0) is 0 Å². The van der Waals surface area contributed by atoms with Crippen LogP contribution in [0.25, 0.3) is 0 Å². The number of nitriles is 1. The van der Waals surface area contributed by atoms with E-state index < -0.39 is 5.92 Å². The van der Waals surface area contributed by atoms with Crippen LogP contribution in [0.1, 0.15) is 27.4 Å². The number of hydrogen-bond acceptors (Lipinski definition) is 4. The van der Waals surface area contributed by atoms with Crippen molar-refractivity contribution in [3.8, 4) is 17.6 Å². The molecule has 0 radical (unpaired) electrons. The lowest BCUT2D eigenvalue weighted by Gasteiger charge is -2.14. The third-order valence-corrected chi connectivity index (χ3v) is 4.77. The van der Waals surface area contributed by atoms with Gasteiger partial charge in [-0.05, 0) is 35.4 Å². The normalized spacial score (nSPS) is 11.2. The van der Waals surface area contributed by atoms with E-state index in [0.29, 0.717) is 33.3 Å². The van der Waals surface area contributed by atoms with E-state index in [1.54, 1.807) is 36.4 Å². The van der Waals surface area contributed by atoms with Gasteiger partial charge in [0.2, 0.25) is 0 Å². The molecular formula is C23H19ClN2O3. The largest absolute Gasteiger partial charge is 0.497 e. The van der Waals surface area contributed by atoms with Crippen LogP contribution in [0.5, 0.6) is 11.5 Å². The topological polar surface area (TPSA) is 71.3 Å². The van der Waals surface area contributed by atoms with Crippen LogP contribution in [-0.4, -0.2) is 20.1 Å². The van der Waals surface area contributed by atoms with E-state index in [9.17, 15) is 10.1 Å². The predicted octanol–water partition coefficient (Wildman–Crippen LogP) is 5.26. The van der Waals surface area contributed by atoms with Gasteiger partial charge in [0.05, 0.1) is 26.2 Å². The highest BCUT2D eigenvalue weighted by Crippen LogP contribution is 2.32. The zero-order chi connectivity index (χ0) is 20.8. The quantitative estimate of drug-likeness (QED) is 0.605. The molecule has 0 aliphatic rings. The number of rotatable bonds is 6. The van der Waals surface area contributed by atoms with Crippen molar-refractivity contribution in [2.75, 3.05) is 19.5 Å². The standard InChI is InChI=1S/C23H19ClN2O3/c1-28-18-10-16(11-19(13-18)29-2)23(27)26-17-8-9-20(22(24)12-17)21(14-25)15-6-4-3-5-7-15/h3-13,21H,1-2H3,(H,26,27). The van der Waals surface area contributed by atoms with Crippen LogP contribution in [0.3, 0.4) is 0 Å². The molecule has 0 aliphatic heterocycles. The maximum absolute atomic E-state index is 12.6. The van der Waals surface area contributed by atoms with Crippen LogP contribution in [0.2, 0.25) is 5.02 Å². The number of halogens is 1. The molecule has 146 valence electrons. The maximum atomic E-state index is 12.6. The van der Waals surface area contributed by atoms with Gasteiger partial charge in [0, 0.05) is 22.3 Å². The van der Waals surface area contributed by atoms with Gasteiger partial charge in [-0.1, -0.05) is 48.0 Å². The summed E-state index contributed by atoms with van der Waals surface area (Å²) < 4.78 is 10.4. The maximum Gasteiger partial charge on any atom is 0.255 e. The van der Waals surface area contributed by atoms with Crippen molar-refractivity contribution in [3.63, 3.8) is 0 Å². The third-order valence-electron chi connectivity index (χ3n) is 4.44. The van der Waals surface area contributed by atoms with E-state index in [1.165, 1.54) is 14.2 Å². The lowest BCUT2D eigenvalue weighted by molar-refractivity contribution is 0.102. The summed E-state index contributed by atoms with van der Waals surface area (Å²) in [6.07, 6.45) is 0. The fourth-order valence-electron chi connectivity index (χ4n) is 2.95. The summed E-state index contributed by atoms with van der Waals surface area (Å²) >= 11 is 6.44. The Morgan fingerprint density at radius 1 is 1.00 bits per heavy atom. The summed E-state index contributed by atoms with van der Waals surface area (Å²) in [4.78, 5) is 12.6. The minimum absolute atomic E-state index is 0.328. The molecule has 1 atom stereocenters. The third kappa shape index (κ3) is 4.68. The molecule has 3 aromatic carbocycles. The Morgan fingerprint density at radius 3 is 2.21 bits per heavy atom. The van der Waals surface area contributed by atoms with Gasteiger partial charge in [-0.2, -0.15) is 5.26 Å². The lowest BCUT2D eigenvalue weighted by Crippen LogP contribution is -2.12. The number of methoxy groups -OCH3 is 2. The first kappa shape index (κ1) is 20.2. The molecule has 3 aromatic rings. The Labute approximate surface area is 174 Å². The highest BCUT2D eigenvalue weighted by Gasteiger charge is 2.17. The van der Waals surface area contributed by atoms with Crippen molar-refractivity contribution in [2.45, 2.75) is 5.92 Å². The molecule has 5 nitrogen and oxygen atoms in total. The minimum atomic E-state index is -0.490. The summed E-state index contributed by atoms with van der Waals surface area (Å²) in [5.41, 5.74) is 2.45. The van der Waals surface area contributed by atoms with E-state index in [1.807, 2.05) is 30.3 Å². The lowest BCUT2D eigenvalue weighted by atomic mass is 9.92. The van der Waals surface area contributed by atoms with Crippen LogP contribution in [0, 0.1) is 11.3 Å². The fraction of sp³-hybridized carbons (Fsp3) is 0.130. The Hall–Kier alpha value is -3.49. The highest BCUT2D eigenvalue weighted by atomic mass is 35.5. The second kappa shape index (κ2) is 9.13. The van der Waals surface area contributed by atoms with E-state index in [2.05, 4.69) is 11.4 Å². The molecule has 0 fully saturated rings. The van der Waals surface area contributed by atoms with Gasteiger partial charge in [0.15, 0.2) is 0 Å². The molecule has 1 unspecified atom stereocenters. The minimum Gasteiger partial charge on any atom is -0.497 e. The second-order valence-corrected chi connectivity index (χ2v) is 6.67. The number of nitrogens with one attached hydrogen (secondary N) is 1. The molecule has 0 saturated carbocycles. The Balaban J connectivity index is 1.84. The molecule has 0 saturated heterocycles.